The normalized spacial score (nSPS) is 12.1. The quantitative estimate of drug-likeness (QED) is 0.666. The van der Waals surface area contributed by atoms with Crippen LogP contribution in [-0.2, 0) is 6.42 Å². The highest BCUT2D eigenvalue weighted by Crippen LogP contribution is 2.28. The molecule has 104 valence electrons. The van der Waals surface area contributed by atoms with Crippen molar-refractivity contribution in [2.24, 2.45) is 0 Å². The van der Waals surface area contributed by atoms with Gasteiger partial charge in [0, 0.05) is 11.8 Å². The highest BCUT2D eigenvalue weighted by atomic mass is 79.9. The molecule has 0 aliphatic rings. The molecule has 0 bridgehead atoms. The summed E-state index contributed by atoms with van der Waals surface area (Å²) in [6.45, 7) is 2.13. The molecule has 2 N–H and O–H groups in total. The van der Waals surface area contributed by atoms with Gasteiger partial charge in [0.05, 0.1) is 0 Å². The molecule has 0 aliphatic carbocycles. The Bertz CT molecular complexity index is 613. The summed E-state index contributed by atoms with van der Waals surface area (Å²) < 4.78 is 0. The lowest BCUT2D eigenvalue weighted by molar-refractivity contribution is 0.0991. The van der Waals surface area contributed by atoms with E-state index in [4.69, 9.17) is 5.73 Å². The van der Waals surface area contributed by atoms with Gasteiger partial charge in [0.2, 0.25) is 0 Å². The summed E-state index contributed by atoms with van der Waals surface area (Å²) in [4.78, 5) is 16.0. The molecule has 0 amide bonds. The first-order valence-electron chi connectivity index (χ1n) is 6.60. The number of anilines is 1. The summed E-state index contributed by atoms with van der Waals surface area (Å²) in [7, 11) is 0. The number of aryl methyl sites for hydroxylation is 1. The molecule has 2 aromatic rings. The molecule has 3 nitrogen and oxygen atoms in total. The number of rotatable bonds is 5. The van der Waals surface area contributed by atoms with Crippen LogP contribution in [-0.4, -0.2) is 10.8 Å². The fraction of sp³-hybridized carbons (Fsp3) is 0.250. The summed E-state index contributed by atoms with van der Waals surface area (Å²) in [5.41, 5.74) is 8.38. The van der Waals surface area contributed by atoms with Crippen LogP contribution in [0.2, 0.25) is 0 Å². The summed E-state index contributed by atoms with van der Waals surface area (Å²) in [6.07, 6.45) is 3.66. The maximum Gasteiger partial charge on any atom is 0.180 e. The Hall–Kier alpha value is -1.68. The van der Waals surface area contributed by atoms with E-state index in [0.29, 0.717) is 11.4 Å². The molecular weight excluding hydrogens is 316 g/mol. The van der Waals surface area contributed by atoms with Crippen LogP contribution < -0.4 is 5.73 Å². The Balaban J connectivity index is 2.24. The predicted octanol–water partition coefficient (Wildman–Crippen LogP) is 3.94. The topological polar surface area (TPSA) is 56.0 Å². The molecule has 2 rings (SSSR count). The first-order chi connectivity index (χ1) is 9.61. The van der Waals surface area contributed by atoms with Gasteiger partial charge in [0.1, 0.15) is 10.6 Å². The summed E-state index contributed by atoms with van der Waals surface area (Å²) in [6, 6.07) is 11.3. The minimum Gasteiger partial charge on any atom is -0.384 e. The number of hydrogen-bond donors (Lipinski definition) is 1. The Morgan fingerprint density at radius 3 is 2.85 bits per heavy atom. The number of pyridine rings is 1. The van der Waals surface area contributed by atoms with Gasteiger partial charge in [-0.3, -0.25) is 4.79 Å². The molecule has 4 heteroatoms. The average molecular weight is 333 g/mol. The number of nitrogens with zero attached hydrogens (tertiary/aromatic N) is 1. The summed E-state index contributed by atoms with van der Waals surface area (Å²) in [5.74, 6) is 0.452. The van der Waals surface area contributed by atoms with E-state index in [1.54, 1.807) is 18.3 Å². The van der Waals surface area contributed by atoms with Crippen LogP contribution in [0.3, 0.4) is 0 Å². The SMILES string of the molecule is CCCc1cccc(C(=O)[C@H](Br)c2ccnc(N)c2)c1. The monoisotopic (exact) mass is 332 g/mol. The molecule has 0 unspecified atom stereocenters. The number of aromatic nitrogens is 1. The zero-order chi connectivity index (χ0) is 14.5. The fourth-order valence-corrected chi connectivity index (χ4v) is 2.64. The molecule has 1 aromatic carbocycles. The third kappa shape index (κ3) is 3.45. The van der Waals surface area contributed by atoms with Crippen LogP contribution in [0.4, 0.5) is 5.82 Å². The van der Waals surface area contributed by atoms with Crippen molar-refractivity contribution in [2.75, 3.05) is 5.73 Å². The van der Waals surface area contributed by atoms with Crippen molar-refractivity contribution in [2.45, 2.75) is 24.6 Å². The lowest BCUT2D eigenvalue weighted by Crippen LogP contribution is -2.08. The highest BCUT2D eigenvalue weighted by Gasteiger charge is 2.19. The minimum absolute atomic E-state index is 0.0357. The van der Waals surface area contributed by atoms with Crippen LogP contribution in [0.25, 0.3) is 0 Å². The maximum absolute atomic E-state index is 12.5. The predicted molar refractivity (Wildman–Crippen MR) is 85.1 cm³/mol. The van der Waals surface area contributed by atoms with Crippen molar-refractivity contribution in [3.05, 3.63) is 59.3 Å². The van der Waals surface area contributed by atoms with Crippen molar-refractivity contribution in [3.8, 4) is 0 Å². The Morgan fingerprint density at radius 2 is 2.15 bits per heavy atom. The molecule has 1 atom stereocenters. The number of nitrogens with two attached hydrogens (primary N) is 1. The number of benzene rings is 1. The molecule has 1 heterocycles. The molecule has 1 aromatic heterocycles. The Morgan fingerprint density at radius 1 is 1.35 bits per heavy atom. The first-order valence-corrected chi connectivity index (χ1v) is 7.52. The van der Waals surface area contributed by atoms with Crippen LogP contribution in [0, 0.1) is 0 Å². The molecule has 0 aliphatic heterocycles. The number of carbonyl (C=O) groups excluding carboxylic acids is 1. The fourth-order valence-electron chi connectivity index (χ4n) is 2.09. The van der Waals surface area contributed by atoms with E-state index in [9.17, 15) is 4.79 Å². The standard InChI is InChI=1S/C16H17BrN2O/c1-2-4-11-5-3-6-13(9-11)16(20)15(17)12-7-8-19-14(18)10-12/h3,5-10,15H,2,4H2,1H3,(H2,18,19)/t15-/m1/s1. The number of Topliss-reactive ketones (excluding diaryl/α,β-unsaturated/α-hetero) is 1. The zero-order valence-corrected chi connectivity index (χ0v) is 12.9. The van der Waals surface area contributed by atoms with Gasteiger partial charge in [-0.25, -0.2) is 4.98 Å². The number of carbonyl (C=O) groups is 1. The van der Waals surface area contributed by atoms with Gasteiger partial charge in [-0.2, -0.15) is 0 Å². The lowest BCUT2D eigenvalue weighted by Gasteiger charge is -2.10. The van der Waals surface area contributed by atoms with Gasteiger partial charge in [-0.1, -0.05) is 47.5 Å². The third-order valence-corrected chi connectivity index (χ3v) is 4.02. The Labute approximate surface area is 127 Å². The third-order valence-electron chi connectivity index (χ3n) is 3.08. The number of halogens is 1. The van der Waals surface area contributed by atoms with Gasteiger partial charge in [0.25, 0.3) is 0 Å². The minimum atomic E-state index is -0.398. The van der Waals surface area contributed by atoms with Crippen LogP contribution in [0.1, 0.15) is 39.7 Å². The van der Waals surface area contributed by atoms with E-state index in [0.717, 1.165) is 18.4 Å². The molecule has 0 spiro atoms. The Kier molecular flexibility index (Phi) is 4.90. The summed E-state index contributed by atoms with van der Waals surface area (Å²) >= 11 is 3.45. The molecule has 0 radical (unpaired) electrons. The second-order valence-corrected chi connectivity index (χ2v) is 5.61. The van der Waals surface area contributed by atoms with E-state index in [1.807, 2.05) is 24.3 Å². The van der Waals surface area contributed by atoms with E-state index in [1.165, 1.54) is 5.56 Å². The van der Waals surface area contributed by atoms with Crippen molar-refractivity contribution in [3.63, 3.8) is 0 Å². The highest BCUT2D eigenvalue weighted by molar-refractivity contribution is 9.09. The van der Waals surface area contributed by atoms with Crippen LogP contribution in [0.15, 0.2) is 42.6 Å². The van der Waals surface area contributed by atoms with Crippen molar-refractivity contribution in [1.82, 2.24) is 4.98 Å². The smallest absolute Gasteiger partial charge is 0.180 e. The van der Waals surface area contributed by atoms with E-state index >= 15 is 0 Å². The van der Waals surface area contributed by atoms with Crippen LogP contribution >= 0.6 is 15.9 Å². The second-order valence-electron chi connectivity index (χ2n) is 4.69. The number of hydrogen-bond acceptors (Lipinski definition) is 3. The van der Waals surface area contributed by atoms with E-state index in [2.05, 4.69) is 27.8 Å². The van der Waals surface area contributed by atoms with Crippen molar-refractivity contribution < 1.29 is 4.79 Å². The lowest BCUT2D eigenvalue weighted by atomic mass is 10.00. The maximum atomic E-state index is 12.5. The molecule has 0 saturated carbocycles. The molecule has 0 saturated heterocycles. The number of ketones is 1. The molecule has 0 fully saturated rings. The largest absolute Gasteiger partial charge is 0.384 e. The number of alkyl halides is 1. The van der Waals surface area contributed by atoms with Gasteiger partial charge in [-0.05, 0) is 35.7 Å². The van der Waals surface area contributed by atoms with Gasteiger partial charge < -0.3 is 5.73 Å². The first kappa shape index (κ1) is 14.7. The van der Waals surface area contributed by atoms with E-state index < -0.39 is 4.83 Å². The van der Waals surface area contributed by atoms with Gasteiger partial charge >= 0.3 is 0 Å². The van der Waals surface area contributed by atoms with Crippen molar-refractivity contribution in [1.29, 1.82) is 0 Å². The van der Waals surface area contributed by atoms with Gasteiger partial charge in [0.15, 0.2) is 5.78 Å². The van der Waals surface area contributed by atoms with Crippen molar-refractivity contribution >= 4 is 27.5 Å². The molecular formula is C16H17BrN2O. The number of nitrogen functional groups attached to an aromatic ring is 1. The summed E-state index contributed by atoms with van der Waals surface area (Å²) in [5, 5.41) is 0. The van der Waals surface area contributed by atoms with Gasteiger partial charge in [-0.15, -0.1) is 0 Å². The average Bonchev–Trinajstić information content (AvgIpc) is 2.46. The zero-order valence-electron chi connectivity index (χ0n) is 11.3. The molecule has 20 heavy (non-hydrogen) atoms. The van der Waals surface area contributed by atoms with Crippen LogP contribution in [0.5, 0.6) is 0 Å². The van der Waals surface area contributed by atoms with E-state index in [-0.39, 0.29) is 5.78 Å². The second kappa shape index (κ2) is 6.66.